The summed E-state index contributed by atoms with van der Waals surface area (Å²) in [5.74, 6) is -0.0197. The Morgan fingerprint density at radius 2 is 2.21 bits per heavy atom. The molecular formula is C7H6F3N3S. The highest BCUT2D eigenvalue weighted by Crippen LogP contribution is 2.35. The molecule has 0 spiro atoms. The van der Waals surface area contributed by atoms with Crippen LogP contribution in [0.3, 0.4) is 0 Å². The molecule has 0 fully saturated rings. The van der Waals surface area contributed by atoms with Crippen molar-refractivity contribution in [1.29, 1.82) is 0 Å². The zero-order valence-electron chi connectivity index (χ0n) is 7.09. The maximum absolute atomic E-state index is 12.4. The van der Waals surface area contributed by atoms with Gasteiger partial charge in [-0.1, -0.05) is 0 Å². The lowest BCUT2D eigenvalue weighted by atomic mass is 10.4. The van der Waals surface area contributed by atoms with Gasteiger partial charge in [0.15, 0.2) is 10.7 Å². The summed E-state index contributed by atoms with van der Waals surface area (Å²) in [6.45, 7) is 0. The number of nitrogens with one attached hydrogen (secondary N) is 1. The predicted molar refractivity (Wildman–Crippen MR) is 47.6 cm³/mol. The van der Waals surface area contributed by atoms with Gasteiger partial charge in [0.25, 0.3) is 0 Å². The van der Waals surface area contributed by atoms with Crippen LogP contribution in [0.4, 0.5) is 19.0 Å². The number of hydrogen-bond donors (Lipinski definition) is 1. The number of imidazole rings is 1. The summed E-state index contributed by atoms with van der Waals surface area (Å²) in [6.07, 6.45) is -2.86. The lowest BCUT2D eigenvalue weighted by molar-refractivity contribution is -0.140. The number of rotatable bonds is 1. The summed E-state index contributed by atoms with van der Waals surface area (Å²) in [5.41, 5.74) is -0.869. The highest BCUT2D eigenvalue weighted by molar-refractivity contribution is 7.15. The number of anilines is 1. The van der Waals surface area contributed by atoms with Crippen molar-refractivity contribution >= 4 is 22.1 Å². The Morgan fingerprint density at radius 1 is 1.50 bits per heavy atom. The van der Waals surface area contributed by atoms with E-state index < -0.39 is 11.9 Å². The summed E-state index contributed by atoms with van der Waals surface area (Å²) in [7, 11) is 1.44. The van der Waals surface area contributed by atoms with Gasteiger partial charge in [-0.05, 0) is 0 Å². The van der Waals surface area contributed by atoms with E-state index in [0.29, 0.717) is 4.96 Å². The molecule has 14 heavy (non-hydrogen) atoms. The maximum atomic E-state index is 12.4. The molecule has 0 saturated carbocycles. The number of alkyl halides is 3. The van der Waals surface area contributed by atoms with E-state index in [4.69, 9.17) is 0 Å². The molecule has 3 nitrogen and oxygen atoms in total. The first-order valence-corrected chi connectivity index (χ1v) is 4.62. The highest BCUT2D eigenvalue weighted by Gasteiger charge is 2.38. The van der Waals surface area contributed by atoms with Gasteiger partial charge in [0.1, 0.15) is 5.82 Å². The van der Waals surface area contributed by atoms with Gasteiger partial charge in [-0.15, -0.1) is 11.3 Å². The monoisotopic (exact) mass is 221 g/mol. The second kappa shape index (κ2) is 2.88. The summed E-state index contributed by atoms with van der Waals surface area (Å²) < 4.78 is 38.7. The van der Waals surface area contributed by atoms with Crippen LogP contribution in [-0.4, -0.2) is 16.4 Å². The van der Waals surface area contributed by atoms with Crippen LogP contribution in [0.25, 0.3) is 4.96 Å². The van der Waals surface area contributed by atoms with Gasteiger partial charge in [-0.2, -0.15) is 13.2 Å². The average Bonchev–Trinajstić information content (AvgIpc) is 2.58. The van der Waals surface area contributed by atoms with Gasteiger partial charge >= 0.3 is 6.18 Å². The van der Waals surface area contributed by atoms with Gasteiger partial charge in [-0.3, -0.25) is 4.40 Å². The zero-order chi connectivity index (χ0) is 10.3. The molecule has 1 N–H and O–H groups in total. The van der Waals surface area contributed by atoms with Crippen LogP contribution in [0.15, 0.2) is 11.6 Å². The fraction of sp³-hybridized carbons (Fsp3) is 0.286. The second-order valence-electron chi connectivity index (χ2n) is 2.61. The largest absolute Gasteiger partial charge is 0.437 e. The Bertz CT molecular complexity index is 456. The molecule has 0 saturated heterocycles. The van der Waals surface area contributed by atoms with Crippen molar-refractivity contribution in [2.24, 2.45) is 0 Å². The third kappa shape index (κ3) is 1.24. The zero-order valence-corrected chi connectivity index (χ0v) is 7.91. The fourth-order valence-corrected chi connectivity index (χ4v) is 1.94. The number of aromatic nitrogens is 2. The number of fused-ring (bicyclic) bond motifs is 1. The summed E-state index contributed by atoms with van der Waals surface area (Å²) in [5, 5.41) is 4.18. The molecule has 76 valence electrons. The van der Waals surface area contributed by atoms with Crippen molar-refractivity contribution in [2.75, 3.05) is 12.4 Å². The standard InChI is InChI=1S/C7H6F3N3S/c1-11-5-4(7(8,9)10)12-6-13(5)2-3-14-6/h2-3,11H,1H3. The topological polar surface area (TPSA) is 29.3 Å². The van der Waals surface area contributed by atoms with Gasteiger partial charge in [0.05, 0.1) is 0 Å². The van der Waals surface area contributed by atoms with Gasteiger partial charge in [0, 0.05) is 18.6 Å². The van der Waals surface area contributed by atoms with E-state index >= 15 is 0 Å². The molecule has 0 aliphatic rings. The number of hydrogen-bond acceptors (Lipinski definition) is 3. The maximum Gasteiger partial charge on any atom is 0.437 e. The van der Waals surface area contributed by atoms with Crippen molar-refractivity contribution in [3.63, 3.8) is 0 Å². The first kappa shape index (κ1) is 9.32. The summed E-state index contributed by atoms with van der Waals surface area (Å²) >= 11 is 1.17. The molecule has 2 aromatic rings. The molecule has 0 aromatic carbocycles. The van der Waals surface area contributed by atoms with Crippen molar-refractivity contribution in [3.8, 4) is 0 Å². The lowest BCUT2D eigenvalue weighted by Crippen LogP contribution is -2.09. The minimum absolute atomic E-state index is 0.0197. The van der Waals surface area contributed by atoms with E-state index in [1.807, 2.05) is 0 Å². The Balaban J connectivity index is 2.70. The Hall–Kier alpha value is -1.24. The van der Waals surface area contributed by atoms with Crippen LogP contribution in [0, 0.1) is 0 Å². The van der Waals surface area contributed by atoms with Crippen molar-refractivity contribution in [3.05, 3.63) is 17.3 Å². The van der Waals surface area contributed by atoms with Crippen LogP contribution in [0.2, 0.25) is 0 Å². The Morgan fingerprint density at radius 3 is 2.79 bits per heavy atom. The molecule has 2 heterocycles. The molecule has 0 aliphatic heterocycles. The highest BCUT2D eigenvalue weighted by atomic mass is 32.1. The first-order valence-electron chi connectivity index (χ1n) is 3.74. The normalized spacial score (nSPS) is 12.3. The number of nitrogens with zero attached hydrogens (tertiary/aromatic N) is 2. The number of halogens is 3. The van der Waals surface area contributed by atoms with E-state index in [-0.39, 0.29) is 5.82 Å². The van der Waals surface area contributed by atoms with Crippen molar-refractivity contribution in [2.45, 2.75) is 6.18 Å². The van der Waals surface area contributed by atoms with E-state index in [1.165, 1.54) is 22.8 Å². The third-order valence-electron chi connectivity index (χ3n) is 1.77. The average molecular weight is 221 g/mol. The van der Waals surface area contributed by atoms with Gasteiger partial charge < -0.3 is 5.32 Å². The van der Waals surface area contributed by atoms with Gasteiger partial charge in [-0.25, -0.2) is 4.98 Å². The van der Waals surface area contributed by atoms with Crippen LogP contribution >= 0.6 is 11.3 Å². The van der Waals surface area contributed by atoms with E-state index in [0.717, 1.165) is 0 Å². The fourth-order valence-electron chi connectivity index (χ4n) is 1.22. The second-order valence-corrected chi connectivity index (χ2v) is 3.49. The molecule has 2 aromatic heterocycles. The van der Waals surface area contributed by atoms with E-state index in [1.54, 1.807) is 11.6 Å². The summed E-state index contributed by atoms with van der Waals surface area (Å²) in [4.78, 5) is 3.84. The number of thiazole rings is 1. The molecule has 0 aliphatic carbocycles. The minimum atomic E-state index is -4.41. The summed E-state index contributed by atoms with van der Waals surface area (Å²) in [6, 6.07) is 0. The van der Waals surface area contributed by atoms with Crippen LogP contribution in [0.5, 0.6) is 0 Å². The lowest BCUT2D eigenvalue weighted by Gasteiger charge is -2.05. The molecule has 0 bridgehead atoms. The molecule has 2 rings (SSSR count). The van der Waals surface area contributed by atoms with Crippen molar-refractivity contribution < 1.29 is 13.2 Å². The van der Waals surface area contributed by atoms with E-state index in [2.05, 4.69) is 10.3 Å². The molecule has 0 amide bonds. The SMILES string of the molecule is CNc1c(C(F)(F)F)nc2sccn12. The molecular weight excluding hydrogens is 215 g/mol. The van der Waals surface area contributed by atoms with Crippen molar-refractivity contribution in [1.82, 2.24) is 9.38 Å². The molecule has 0 unspecified atom stereocenters. The Labute approximate surface area is 81.2 Å². The third-order valence-corrected chi connectivity index (χ3v) is 2.52. The molecule has 0 radical (unpaired) electrons. The molecule has 0 atom stereocenters. The Kier molecular flexibility index (Phi) is 1.91. The van der Waals surface area contributed by atoms with Crippen LogP contribution in [-0.2, 0) is 6.18 Å². The van der Waals surface area contributed by atoms with Crippen LogP contribution < -0.4 is 5.32 Å². The van der Waals surface area contributed by atoms with Gasteiger partial charge in [0.2, 0.25) is 0 Å². The first-order chi connectivity index (χ1) is 6.54. The quantitative estimate of drug-likeness (QED) is 0.801. The smallest absolute Gasteiger partial charge is 0.372 e. The van der Waals surface area contributed by atoms with E-state index in [9.17, 15) is 13.2 Å². The minimum Gasteiger partial charge on any atom is -0.372 e. The molecule has 7 heteroatoms. The predicted octanol–water partition coefficient (Wildman–Crippen LogP) is 2.46. The van der Waals surface area contributed by atoms with Crippen LogP contribution in [0.1, 0.15) is 5.69 Å².